The average molecular weight is 471 g/mol. The Hall–Kier alpha value is -2.40. The zero-order valence-electron chi connectivity index (χ0n) is 19.8. The number of rotatable bonds is 19. The van der Waals surface area contributed by atoms with E-state index < -0.39 is 15.3 Å². The van der Waals surface area contributed by atoms with Crippen LogP contribution in [-0.2, 0) is 10.0 Å². The van der Waals surface area contributed by atoms with E-state index in [1.165, 1.54) is 4.31 Å². The van der Waals surface area contributed by atoms with Crippen molar-refractivity contribution in [2.75, 3.05) is 13.1 Å². The van der Waals surface area contributed by atoms with Crippen LogP contribution in [0, 0.1) is 34.0 Å². The van der Waals surface area contributed by atoms with Crippen molar-refractivity contribution in [1.29, 1.82) is 15.8 Å². The van der Waals surface area contributed by atoms with Gasteiger partial charge in [0.05, 0.1) is 18.2 Å². The molecule has 1 atom stereocenters. The van der Waals surface area contributed by atoms with Crippen molar-refractivity contribution in [1.82, 2.24) is 4.31 Å². The lowest BCUT2D eigenvalue weighted by atomic mass is 10.1. The Bertz CT molecular complexity index is 836. The predicted octanol–water partition coefficient (Wildman–Crippen LogP) is 6.39. The van der Waals surface area contributed by atoms with E-state index in [1.54, 1.807) is 24.3 Å². The van der Waals surface area contributed by atoms with Crippen molar-refractivity contribution in [3.8, 4) is 18.2 Å². The maximum atomic E-state index is 13.4. The summed E-state index contributed by atoms with van der Waals surface area (Å²) in [6.07, 6.45) is 12.7. The van der Waals surface area contributed by atoms with Crippen LogP contribution in [0.15, 0.2) is 30.3 Å². The van der Waals surface area contributed by atoms with Crippen molar-refractivity contribution in [3.63, 3.8) is 0 Å². The first-order chi connectivity index (χ1) is 16.1. The number of nitrogens with zero attached hydrogens (tertiary/aromatic N) is 4. The Morgan fingerprint density at radius 3 is 1.52 bits per heavy atom. The Kier molecular flexibility index (Phi) is 15.7. The molecule has 0 radical (unpaired) electrons. The van der Waals surface area contributed by atoms with Crippen molar-refractivity contribution in [3.05, 3.63) is 35.9 Å². The molecule has 6 nitrogen and oxygen atoms in total. The van der Waals surface area contributed by atoms with Gasteiger partial charge in [0.2, 0.25) is 10.0 Å². The molecule has 180 valence electrons. The molecule has 33 heavy (non-hydrogen) atoms. The van der Waals surface area contributed by atoms with Gasteiger partial charge in [-0.15, -0.1) is 0 Å². The molecule has 0 aromatic heterocycles. The number of unbranched alkanes of at least 4 members (excludes halogenated alkanes) is 12. The largest absolute Gasteiger partial charge is 0.234 e. The monoisotopic (exact) mass is 470 g/mol. The third-order valence-electron chi connectivity index (χ3n) is 5.77. The first-order valence-corrected chi connectivity index (χ1v) is 13.8. The van der Waals surface area contributed by atoms with Gasteiger partial charge >= 0.3 is 0 Å². The van der Waals surface area contributed by atoms with E-state index in [0.717, 1.165) is 77.0 Å². The summed E-state index contributed by atoms with van der Waals surface area (Å²) in [4.78, 5) is 0. The Morgan fingerprint density at radius 2 is 1.09 bits per heavy atom. The third-order valence-corrected chi connectivity index (χ3v) is 7.83. The van der Waals surface area contributed by atoms with Gasteiger partial charge in [-0.25, -0.2) is 12.7 Å². The molecule has 1 rings (SSSR count). The summed E-state index contributed by atoms with van der Waals surface area (Å²) < 4.78 is 28.3. The molecule has 0 bridgehead atoms. The fraction of sp³-hybridized carbons (Fsp3) is 0.654. The SMILES string of the molecule is N#CCCCCCCCCN(CCCCCCCCC#N)S(=O)(=O)C(C#N)c1ccccc1. The van der Waals surface area contributed by atoms with Crippen LogP contribution in [0.3, 0.4) is 0 Å². The highest BCUT2D eigenvalue weighted by Gasteiger charge is 2.32. The zero-order chi connectivity index (χ0) is 24.2. The lowest BCUT2D eigenvalue weighted by Crippen LogP contribution is -2.36. The molecule has 1 unspecified atom stereocenters. The molecule has 0 N–H and O–H groups in total. The van der Waals surface area contributed by atoms with Crippen LogP contribution in [0.1, 0.15) is 101 Å². The van der Waals surface area contributed by atoms with Crippen LogP contribution in [-0.4, -0.2) is 25.8 Å². The second kappa shape index (κ2) is 18.1. The summed E-state index contributed by atoms with van der Waals surface area (Å²) in [5.41, 5.74) is 0.514. The number of nitriles is 3. The first-order valence-electron chi connectivity index (χ1n) is 12.3. The minimum absolute atomic E-state index is 0.438. The standard InChI is InChI=1S/C26H38N4O2S/c27-20-14-7-3-1-5-9-16-22-30(23-17-10-6-2-4-8-15-21-28)33(31,32)26(24-29)25-18-12-11-13-19-25/h11-13,18-19,26H,1-10,14-17,22-23H2. The minimum atomic E-state index is -3.78. The summed E-state index contributed by atoms with van der Waals surface area (Å²) in [7, 11) is -3.78. The van der Waals surface area contributed by atoms with E-state index in [2.05, 4.69) is 12.1 Å². The number of hydrogen-bond acceptors (Lipinski definition) is 5. The van der Waals surface area contributed by atoms with Gasteiger partial charge < -0.3 is 0 Å². The van der Waals surface area contributed by atoms with Crippen LogP contribution >= 0.6 is 0 Å². The summed E-state index contributed by atoms with van der Waals surface area (Å²) in [5.74, 6) is 0. The Balaban J connectivity index is 2.63. The predicted molar refractivity (Wildman–Crippen MR) is 131 cm³/mol. The second-order valence-electron chi connectivity index (χ2n) is 8.42. The fourth-order valence-corrected chi connectivity index (χ4v) is 5.55. The molecule has 7 heteroatoms. The number of benzene rings is 1. The highest BCUT2D eigenvalue weighted by atomic mass is 32.2. The van der Waals surface area contributed by atoms with Gasteiger partial charge in [-0.1, -0.05) is 81.7 Å². The van der Waals surface area contributed by atoms with Gasteiger partial charge in [-0.05, 0) is 31.2 Å². The minimum Gasteiger partial charge on any atom is -0.210 e. The molecule has 0 fully saturated rings. The molecule has 0 aliphatic carbocycles. The van der Waals surface area contributed by atoms with Crippen LogP contribution in [0.5, 0.6) is 0 Å². The second-order valence-corrected chi connectivity index (χ2v) is 10.4. The topological polar surface area (TPSA) is 109 Å². The normalized spacial score (nSPS) is 12.1. The van der Waals surface area contributed by atoms with Crippen LogP contribution < -0.4 is 0 Å². The Morgan fingerprint density at radius 1 is 0.667 bits per heavy atom. The van der Waals surface area contributed by atoms with Crippen molar-refractivity contribution >= 4 is 10.0 Å². The van der Waals surface area contributed by atoms with E-state index in [9.17, 15) is 13.7 Å². The van der Waals surface area contributed by atoms with Crippen LogP contribution in [0.2, 0.25) is 0 Å². The van der Waals surface area contributed by atoms with E-state index in [1.807, 2.05) is 12.1 Å². The molecule has 0 aliphatic heterocycles. The van der Waals surface area contributed by atoms with Crippen LogP contribution in [0.4, 0.5) is 0 Å². The van der Waals surface area contributed by atoms with Crippen LogP contribution in [0.25, 0.3) is 0 Å². The number of hydrogen-bond donors (Lipinski definition) is 0. The number of sulfonamides is 1. The highest BCUT2D eigenvalue weighted by Crippen LogP contribution is 2.26. The summed E-state index contributed by atoms with van der Waals surface area (Å²) in [6, 6.07) is 15.1. The van der Waals surface area contributed by atoms with Gasteiger partial charge in [0.15, 0.2) is 5.25 Å². The van der Waals surface area contributed by atoms with Gasteiger partial charge in [0.25, 0.3) is 0 Å². The molecule has 0 spiro atoms. The molecular formula is C26H38N4O2S. The zero-order valence-corrected chi connectivity index (χ0v) is 20.6. The maximum absolute atomic E-state index is 13.4. The van der Waals surface area contributed by atoms with Gasteiger partial charge in [-0.2, -0.15) is 15.8 Å². The highest BCUT2D eigenvalue weighted by molar-refractivity contribution is 7.89. The summed E-state index contributed by atoms with van der Waals surface area (Å²) >= 11 is 0. The first kappa shape index (κ1) is 28.6. The smallest absolute Gasteiger partial charge is 0.210 e. The van der Waals surface area contributed by atoms with Gasteiger partial charge in [0.1, 0.15) is 0 Å². The van der Waals surface area contributed by atoms with E-state index >= 15 is 0 Å². The van der Waals surface area contributed by atoms with E-state index in [-0.39, 0.29) is 0 Å². The maximum Gasteiger partial charge on any atom is 0.234 e. The Labute approximate surface area is 200 Å². The molecule has 0 aliphatic rings. The quantitative estimate of drug-likeness (QED) is 0.218. The lowest BCUT2D eigenvalue weighted by Gasteiger charge is -2.25. The van der Waals surface area contributed by atoms with Crippen molar-refractivity contribution in [2.45, 2.75) is 95.1 Å². The summed E-state index contributed by atoms with van der Waals surface area (Å²) in [5, 5.41) is 25.7. The van der Waals surface area contributed by atoms with E-state index in [0.29, 0.717) is 31.5 Å². The third kappa shape index (κ3) is 11.9. The molecule has 1 aromatic rings. The molecular weight excluding hydrogens is 432 g/mol. The fourth-order valence-electron chi connectivity index (χ4n) is 3.85. The molecule has 1 aromatic carbocycles. The average Bonchev–Trinajstić information content (AvgIpc) is 2.82. The van der Waals surface area contributed by atoms with Crippen molar-refractivity contribution < 1.29 is 8.42 Å². The lowest BCUT2D eigenvalue weighted by molar-refractivity contribution is 0.381. The molecule has 0 amide bonds. The van der Waals surface area contributed by atoms with Gasteiger partial charge in [0, 0.05) is 25.9 Å². The van der Waals surface area contributed by atoms with E-state index in [4.69, 9.17) is 10.5 Å². The van der Waals surface area contributed by atoms with Crippen molar-refractivity contribution in [2.24, 2.45) is 0 Å². The molecule has 0 heterocycles. The summed E-state index contributed by atoms with van der Waals surface area (Å²) in [6.45, 7) is 0.876. The molecule has 0 saturated carbocycles. The molecule has 0 saturated heterocycles. The van der Waals surface area contributed by atoms with Gasteiger partial charge in [-0.3, -0.25) is 0 Å².